The summed E-state index contributed by atoms with van der Waals surface area (Å²) in [6, 6.07) is -0.636. The molecule has 0 aliphatic carbocycles. The van der Waals surface area contributed by atoms with Crippen LogP contribution in [-0.4, -0.2) is 34.9 Å². The van der Waals surface area contributed by atoms with Crippen molar-refractivity contribution in [2.75, 3.05) is 6.61 Å². The molecule has 0 aromatic carbocycles. The van der Waals surface area contributed by atoms with Gasteiger partial charge in [0.15, 0.2) is 0 Å². The van der Waals surface area contributed by atoms with E-state index in [0.717, 1.165) is 57.8 Å². The molecule has 250 valence electrons. The van der Waals surface area contributed by atoms with Crippen LogP contribution in [0.4, 0.5) is 0 Å². The van der Waals surface area contributed by atoms with E-state index in [1.807, 2.05) is 6.08 Å². The van der Waals surface area contributed by atoms with Gasteiger partial charge in [-0.25, -0.2) is 0 Å². The highest BCUT2D eigenvalue weighted by Crippen LogP contribution is 2.14. The van der Waals surface area contributed by atoms with E-state index in [1.54, 1.807) is 6.08 Å². The molecule has 0 spiro atoms. The quantitative estimate of drug-likeness (QED) is 0.0530. The summed E-state index contributed by atoms with van der Waals surface area (Å²) in [6.45, 7) is 4.17. The fourth-order valence-electron chi connectivity index (χ4n) is 5.25. The molecule has 0 aliphatic rings. The van der Waals surface area contributed by atoms with Gasteiger partial charge in [0.25, 0.3) is 0 Å². The Hall–Kier alpha value is -1.65. The number of nitrogens with one attached hydrogen (secondary N) is 1. The van der Waals surface area contributed by atoms with Gasteiger partial charge in [0, 0.05) is 6.42 Å². The van der Waals surface area contributed by atoms with E-state index in [9.17, 15) is 15.0 Å². The minimum atomic E-state index is -0.850. The number of hydrogen-bond donors (Lipinski definition) is 3. The van der Waals surface area contributed by atoms with E-state index in [-0.39, 0.29) is 12.5 Å². The Kier molecular flexibility index (Phi) is 33.5. The van der Waals surface area contributed by atoms with Gasteiger partial charge >= 0.3 is 0 Å². The Morgan fingerprint density at radius 3 is 1.53 bits per heavy atom. The van der Waals surface area contributed by atoms with Crippen LogP contribution in [0.1, 0.15) is 174 Å². The van der Waals surface area contributed by atoms with Crippen molar-refractivity contribution >= 4 is 5.91 Å². The van der Waals surface area contributed by atoms with Crippen LogP contribution in [0.25, 0.3) is 0 Å². The lowest BCUT2D eigenvalue weighted by Crippen LogP contribution is -2.45. The first-order chi connectivity index (χ1) is 21.2. The zero-order valence-corrected chi connectivity index (χ0v) is 28.5. The number of carbonyl (C=O) groups excluding carboxylic acids is 1. The van der Waals surface area contributed by atoms with E-state index in [2.05, 4.69) is 55.6 Å². The monoisotopic (exact) mass is 602 g/mol. The van der Waals surface area contributed by atoms with Gasteiger partial charge in [-0.05, 0) is 51.4 Å². The van der Waals surface area contributed by atoms with Crippen molar-refractivity contribution in [3.63, 3.8) is 0 Å². The molecule has 0 fully saturated rings. The Morgan fingerprint density at radius 1 is 0.581 bits per heavy atom. The summed E-state index contributed by atoms with van der Waals surface area (Å²) in [5.74, 6) is -0.0953. The molecule has 0 aliphatic heterocycles. The number of aliphatic hydroxyl groups is 2. The molecule has 0 aromatic rings. The van der Waals surface area contributed by atoms with Crippen LogP contribution in [0.2, 0.25) is 0 Å². The number of allylic oxidation sites excluding steroid dienone is 7. The first-order valence-corrected chi connectivity index (χ1v) is 18.4. The van der Waals surface area contributed by atoms with E-state index < -0.39 is 12.1 Å². The van der Waals surface area contributed by atoms with Crippen molar-refractivity contribution < 1.29 is 15.0 Å². The van der Waals surface area contributed by atoms with Crippen LogP contribution in [0.3, 0.4) is 0 Å². The average molecular weight is 602 g/mol. The smallest absolute Gasteiger partial charge is 0.220 e. The normalized spacial score (nSPS) is 13.7. The molecule has 0 aromatic heterocycles. The third kappa shape index (κ3) is 31.6. The lowest BCUT2D eigenvalue weighted by atomic mass is 10.0. The predicted octanol–water partition coefficient (Wildman–Crippen LogP) is 10.8. The van der Waals surface area contributed by atoms with E-state index >= 15 is 0 Å². The van der Waals surface area contributed by atoms with Gasteiger partial charge in [0.05, 0.1) is 18.8 Å². The number of aliphatic hydroxyl groups excluding tert-OH is 2. The van der Waals surface area contributed by atoms with E-state index in [1.165, 1.54) is 96.3 Å². The maximum absolute atomic E-state index is 12.3. The number of amides is 1. The lowest BCUT2D eigenvalue weighted by Gasteiger charge is -2.19. The molecule has 2 unspecified atom stereocenters. The lowest BCUT2D eigenvalue weighted by molar-refractivity contribution is -0.123. The Balaban J connectivity index is 3.66. The van der Waals surface area contributed by atoms with E-state index in [4.69, 9.17) is 0 Å². The molecule has 0 heterocycles. The topological polar surface area (TPSA) is 69.6 Å². The largest absolute Gasteiger partial charge is 0.394 e. The molecule has 0 bridgehead atoms. The summed E-state index contributed by atoms with van der Waals surface area (Å²) in [5, 5.41) is 22.9. The van der Waals surface area contributed by atoms with Gasteiger partial charge < -0.3 is 15.5 Å². The van der Waals surface area contributed by atoms with Crippen molar-refractivity contribution in [2.24, 2.45) is 0 Å². The molecular formula is C39H71NO3. The summed E-state index contributed by atoms with van der Waals surface area (Å²) in [5.41, 5.74) is 0. The fraction of sp³-hybridized carbons (Fsp3) is 0.769. The molecule has 4 heteroatoms. The van der Waals surface area contributed by atoms with Crippen LogP contribution >= 0.6 is 0 Å². The van der Waals surface area contributed by atoms with Crippen molar-refractivity contribution in [1.82, 2.24) is 5.32 Å². The Morgan fingerprint density at radius 2 is 1.02 bits per heavy atom. The zero-order chi connectivity index (χ0) is 31.5. The highest BCUT2D eigenvalue weighted by molar-refractivity contribution is 5.76. The molecule has 2 atom stereocenters. The number of hydrogen-bond acceptors (Lipinski definition) is 3. The van der Waals surface area contributed by atoms with Gasteiger partial charge in [0.1, 0.15) is 0 Å². The molecule has 4 nitrogen and oxygen atoms in total. The third-order valence-corrected chi connectivity index (χ3v) is 8.07. The molecule has 0 saturated heterocycles. The van der Waals surface area contributed by atoms with E-state index in [0.29, 0.717) is 6.42 Å². The molecule has 0 saturated carbocycles. The summed E-state index contributed by atoms with van der Waals surface area (Å²) >= 11 is 0. The molecular weight excluding hydrogens is 530 g/mol. The van der Waals surface area contributed by atoms with Gasteiger partial charge in [-0.1, -0.05) is 165 Å². The standard InChI is InChI=1S/C39H71NO3/c1-3-5-7-9-11-13-15-17-18-19-20-21-23-24-26-28-30-32-34-38(42)37(36-41)40-39(43)35-33-31-29-27-25-22-16-14-12-10-8-6-4-2/h6,8,12,14,22,25,32,34,37-38,41-42H,3-5,7,9-11,13,15-21,23-24,26-31,33,35-36H2,1-2H3,(H,40,43)/b8-6-,14-12-,25-22-,34-32+. The maximum Gasteiger partial charge on any atom is 0.220 e. The van der Waals surface area contributed by atoms with Gasteiger partial charge in [-0.15, -0.1) is 0 Å². The minimum Gasteiger partial charge on any atom is -0.394 e. The fourth-order valence-corrected chi connectivity index (χ4v) is 5.25. The first-order valence-electron chi connectivity index (χ1n) is 18.4. The predicted molar refractivity (Wildman–Crippen MR) is 188 cm³/mol. The number of rotatable bonds is 32. The second-order valence-corrected chi connectivity index (χ2v) is 12.3. The Bertz CT molecular complexity index is 697. The van der Waals surface area contributed by atoms with Crippen molar-refractivity contribution in [3.8, 4) is 0 Å². The van der Waals surface area contributed by atoms with Gasteiger partial charge in [-0.3, -0.25) is 4.79 Å². The van der Waals surface area contributed by atoms with Crippen LogP contribution in [0.5, 0.6) is 0 Å². The van der Waals surface area contributed by atoms with Crippen molar-refractivity contribution in [1.29, 1.82) is 0 Å². The number of carbonyl (C=O) groups is 1. The second-order valence-electron chi connectivity index (χ2n) is 12.3. The Labute approximate surface area is 267 Å². The van der Waals surface area contributed by atoms with Crippen molar-refractivity contribution in [3.05, 3.63) is 48.6 Å². The summed E-state index contributed by atoms with van der Waals surface area (Å²) in [7, 11) is 0. The molecule has 0 radical (unpaired) electrons. The minimum absolute atomic E-state index is 0.0953. The molecule has 3 N–H and O–H groups in total. The highest BCUT2D eigenvalue weighted by atomic mass is 16.3. The molecule has 43 heavy (non-hydrogen) atoms. The van der Waals surface area contributed by atoms with Crippen molar-refractivity contribution in [2.45, 2.75) is 187 Å². The number of unbranched alkanes of at least 4 members (excludes halogenated alkanes) is 19. The van der Waals surface area contributed by atoms with Crippen LogP contribution in [0, 0.1) is 0 Å². The van der Waals surface area contributed by atoms with Crippen LogP contribution in [0.15, 0.2) is 48.6 Å². The van der Waals surface area contributed by atoms with Crippen LogP contribution < -0.4 is 5.32 Å². The molecule has 0 rings (SSSR count). The molecule has 1 amide bonds. The first kappa shape index (κ1) is 41.4. The highest BCUT2D eigenvalue weighted by Gasteiger charge is 2.17. The third-order valence-electron chi connectivity index (χ3n) is 8.07. The second kappa shape index (κ2) is 34.8. The zero-order valence-electron chi connectivity index (χ0n) is 28.5. The maximum atomic E-state index is 12.3. The van der Waals surface area contributed by atoms with Crippen LogP contribution in [-0.2, 0) is 4.79 Å². The summed E-state index contributed by atoms with van der Waals surface area (Å²) in [6.07, 6.45) is 46.3. The summed E-state index contributed by atoms with van der Waals surface area (Å²) in [4.78, 5) is 12.3. The average Bonchev–Trinajstić information content (AvgIpc) is 3.01. The summed E-state index contributed by atoms with van der Waals surface area (Å²) < 4.78 is 0. The van der Waals surface area contributed by atoms with Gasteiger partial charge in [0.2, 0.25) is 5.91 Å². The van der Waals surface area contributed by atoms with Gasteiger partial charge in [-0.2, -0.15) is 0 Å². The SMILES string of the molecule is CC/C=C\C/C=C\C/C=C\CCCCCC(=O)NC(CO)C(O)/C=C/CCCCCCCCCCCCCCCCCC.